The lowest BCUT2D eigenvalue weighted by atomic mass is 10.1. The molecule has 1 aliphatic heterocycles. The standard InChI is InChI=1S/C24H27N7O/c1-2-3-13-30-22-20(28-24(30)29-12-6-8-18(25)15-29)14-27-31(23(22)32)16-21-19-9-5-4-7-17(19)10-11-26-21/h2-5,7,9-11,14,18H,6,8,12-13,15-16,25H2,1H3. The number of aromatic nitrogens is 5. The Morgan fingerprint density at radius 1 is 1.25 bits per heavy atom. The highest BCUT2D eigenvalue weighted by Crippen LogP contribution is 2.23. The molecule has 1 aromatic carbocycles. The smallest absolute Gasteiger partial charge is 0.293 e. The average Bonchev–Trinajstić information content (AvgIpc) is 3.19. The predicted molar refractivity (Wildman–Crippen MR) is 127 cm³/mol. The third-order valence-electron chi connectivity index (χ3n) is 6.05. The minimum atomic E-state index is -0.165. The van der Waals surface area contributed by atoms with Gasteiger partial charge < -0.3 is 15.2 Å². The molecule has 8 heteroatoms. The number of hydrogen-bond acceptors (Lipinski definition) is 6. The summed E-state index contributed by atoms with van der Waals surface area (Å²) in [4.78, 5) is 25.1. The molecule has 0 amide bonds. The maximum absolute atomic E-state index is 13.6. The van der Waals surface area contributed by atoms with E-state index in [0.29, 0.717) is 24.1 Å². The Kier molecular flexibility index (Phi) is 5.45. The van der Waals surface area contributed by atoms with Gasteiger partial charge in [-0.15, -0.1) is 0 Å². The summed E-state index contributed by atoms with van der Waals surface area (Å²) in [6.45, 7) is 4.46. The second-order valence-electron chi connectivity index (χ2n) is 8.26. The third kappa shape index (κ3) is 3.67. The first-order valence-electron chi connectivity index (χ1n) is 11.1. The molecule has 0 radical (unpaired) electrons. The molecular weight excluding hydrogens is 402 g/mol. The van der Waals surface area contributed by atoms with E-state index in [4.69, 9.17) is 10.7 Å². The Morgan fingerprint density at radius 2 is 2.12 bits per heavy atom. The Labute approximate surface area is 186 Å². The van der Waals surface area contributed by atoms with Crippen molar-refractivity contribution in [2.45, 2.75) is 38.9 Å². The molecule has 0 saturated carbocycles. The maximum atomic E-state index is 13.6. The molecular formula is C24H27N7O. The summed E-state index contributed by atoms with van der Waals surface area (Å²) < 4.78 is 3.47. The molecule has 1 atom stereocenters. The molecule has 0 bridgehead atoms. The zero-order valence-corrected chi connectivity index (χ0v) is 18.2. The van der Waals surface area contributed by atoms with E-state index >= 15 is 0 Å². The quantitative estimate of drug-likeness (QED) is 0.490. The van der Waals surface area contributed by atoms with E-state index in [0.717, 1.165) is 48.3 Å². The number of anilines is 1. The number of benzene rings is 1. The molecule has 0 spiro atoms. The zero-order chi connectivity index (χ0) is 22.1. The summed E-state index contributed by atoms with van der Waals surface area (Å²) in [7, 11) is 0. The number of piperidine rings is 1. The number of rotatable bonds is 5. The van der Waals surface area contributed by atoms with Crippen molar-refractivity contribution in [1.29, 1.82) is 0 Å². The number of allylic oxidation sites excluding steroid dienone is 2. The van der Waals surface area contributed by atoms with E-state index in [-0.39, 0.29) is 11.6 Å². The number of nitrogens with zero attached hydrogens (tertiary/aromatic N) is 6. The normalized spacial score (nSPS) is 17.1. The first-order chi connectivity index (χ1) is 15.7. The van der Waals surface area contributed by atoms with Gasteiger partial charge >= 0.3 is 0 Å². The monoisotopic (exact) mass is 429 g/mol. The molecule has 3 aromatic heterocycles. The number of fused-ring (bicyclic) bond motifs is 2. The van der Waals surface area contributed by atoms with Crippen LogP contribution in [0.5, 0.6) is 0 Å². The topological polar surface area (TPSA) is 94.9 Å². The first kappa shape index (κ1) is 20.4. The van der Waals surface area contributed by atoms with Gasteiger partial charge in [0, 0.05) is 37.3 Å². The van der Waals surface area contributed by atoms with Gasteiger partial charge in [0.1, 0.15) is 11.0 Å². The van der Waals surface area contributed by atoms with Crippen LogP contribution in [-0.4, -0.2) is 43.4 Å². The van der Waals surface area contributed by atoms with Gasteiger partial charge in [-0.3, -0.25) is 9.78 Å². The maximum Gasteiger partial charge on any atom is 0.293 e. The van der Waals surface area contributed by atoms with Gasteiger partial charge in [-0.2, -0.15) is 5.10 Å². The van der Waals surface area contributed by atoms with E-state index in [1.54, 1.807) is 12.4 Å². The van der Waals surface area contributed by atoms with Gasteiger partial charge in [-0.1, -0.05) is 36.4 Å². The van der Waals surface area contributed by atoms with Gasteiger partial charge in [0.25, 0.3) is 5.56 Å². The van der Waals surface area contributed by atoms with Crippen LogP contribution in [0.25, 0.3) is 21.8 Å². The fourth-order valence-corrected chi connectivity index (χ4v) is 4.45. The molecule has 2 N–H and O–H groups in total. The second kappa shape index (κ2) is 8.55. The van der Waals surface area contributed by atoms with E-state index in [2.05, 4.69) is 15.0 Å². The van der Waals surface area contributed by atoms with Crippen molar-refractivity contribution in [3.8, 4) is 0 Å². The summed E-state index contributed by atoms with van der Waals surface area (Å²) in [6.07, 6.45) is 9.50. The number of nitrogens with two attached hydrogens (primary N) is 1. The van der Waals surface area contributed by atoms with Gasteiger partial charge in [-0.05, 0) is 31.2 Å². The van der Waals surface area contributed by atoms with E-state index in [9.17, 15) is 4.79 Å². The molecule has 1 aliphatic rings. The van der Waals surface area contributed by atoms with Crippen LogP contribution in [0.4, 0.5) is 5.95 Å². The highest BCUT2D eigenvalue weighted by atomic mass is 16.1. The summed E-state index contributed by atoms with van der Waals surface area (Å²) in [6, 6.07) is 10.1. The lowest BCUT2D eigenvalue weighted by molar-refractivity contribution is 0.495. The van der Waals surface area contributed by atoms with Gasteiger partial charge in [0.2, 0.25) is 5.95 Å². The van der Waals surface area contributed by atoms with Gasteiger partial charge in [0.15, 0.2) is 0 Å². The summed E-state index contributed by atoms with van der Waals surface area (Å²) in [5.41, 5.74) is 8.04. The van der Waals surface area contributed by atoms with Crippen LogP contribution < -0.4 is 16.2 Å². The van der Waals surface area contributed by atoms with Gasteiger partial charge in [-0.25, -0.2) is 9.67 Å². The predicted octanol–water partition coefficient (Wildman–Crippen LogP) is 2.69. The first-order valence-corrected chi connectivity index (χ1v) is 11.1. The minimum Gasteiger partial charge on any atom is -0.341 e. The SMILES string of the molecule is CC=CCn1c(N2CCCC(N)C2)nc2cnn(Cc3nccc4ccccc34)c(=O)c21. The summed E-state index contributed by atoms with van der Waals surface area (Å²) >= 11 is 0. The molecule has 4 heterocycles. The minimum absolute atomic E-state index is 0.117. The Hall–Kier alpha value is -3.52. The lowest BCUT2D eigenvalue weighted by Crippen LogP contribution is -2.44. The Bertz CT molecular complexity index is 1350. The molecule has 0 aliphatic carbocycles. The van der Waals surface area contributed by atoms with Crippen molar-refractivity contribution in [2.75, 3.05) is 18.0 Å². The highest BCUT2D eigenvalue weighted by molar-refractivity contribution is 5.84. The molecule has 1 saturated heterocycles. The van der Waals surface area contributed by atoms with E-state index < -0.39 is 0 Å². The van der Waals surface area contributed by atoms with Crippen LogP contribution in [0.2, 0.25) is 0 Å². The van der Waals surface area contributed by atoms with Crippen molar-refractivity contribution in [1.82, 2.24) is 24.3 Å². The lowest BCUT2D eigenvalue weighted by Gasteiger charge is -2.31. The molecule has 1 fully saturated rings. The van der Waals surface area contributed by atoms with Crippen molar-refractivity contribution >= 4 is 27.8 Å². The number of hydrogen-bond donors (Lipinski definition) is 1. The molecule has 4 aromatic rings. The Balaban J connectivity index is 1.61. The largest absolute Gasteiger partial charge is 0.341 e. The summed E-state index contributed by atoms with van der Waals surface area (Å²) in [5.74, 6) is 0.785. The van der Waals surface area contributed by atoms with Gasteiger partial charge in [0.05, 0.1) is 18.4 Å². The molecule has 8 nitrogen and oxygen atoms in total. The second-order valence-corrected chi connectivity index (χ2v) is 8.26. The van der Waals surface area contributed by atoms with Crippen LogP contribution >= 0.6 is 0 Å². The molecule has 164 valence electrons. The third-order valence-corrected chi connectivity index (χ3v) is 6.05. The molecule has 1 unspecified atom stereocenters. The van der Waals surface area contributed by atoms with Crippen LogP contribution in [0.3, 0.4) is 0 Å². The van der Waals surface area contributed by atoms with E-state index in [1.165, 1.54) is 4.68 Å². The Morgan fingerprint density at radius 3 is 2.97 bits per heavy atom. The number of pyridine rings is 1. The van der Waals surface area contributed by atoms with Crippen LogP contribution in [0, 0.1) is 0 Å². The number of imidazole rings is 1. The average molecular weight is 430 g/mol. The van der Waals surface area contributed by atoms with Crippen LogP contribution in [-0.2, 0) is 13.1 Å². The fourth-order valence-electron chi connectivity index (χ4n) is 4.45. The van der Waals surface area contributed by atoms with Crippen molar-refractivity contribution < 1.29 is 0 Å². The summed E-state index contributed by atoms with van der Waals surface area (Å²) in [5, 5.41) is 6.54. The highest BCUT2D eigenvalue weighted by Gasteiger charge is 2.24. The molecule has 32 heavy (non-hydrogen) atoms. The van der Waals surface area contributed by atoms with Crippen molar-refractivity contribution in [2.24, 2.45) is 5.73 Å². The molecule has 5 rings (SSSR count). The van der Waals surface area contributed by atoms with E-state index in [1.807, 2.05) is 54.0 Å². The van der Waals surface area contributed by atoms with Crippen LogP contribution in [0.1, 0.15) is 25.5 Å². The van der Waals surface area contributed by atoms with Crippen LogP contribution in [0.15, 0.2) is 59.7 Å². The van der Waals surface area contributed by atoms with Crippen molar-refractivity contribution in [3.05, 3.63) is 70.9 Å². The zero-order valence-electron chi connectivity index (χ0n) is 18.2. The fraction of sp³-hybridized carbons (Fsp3) is 0.333. The van der Waals surface area contributed by atoms with Crippen molar-refractivity contribution in [3.63, 3.8) is 0 Å².